The summed E-state index contributed by atoms with van der Waals surface area (Å²) in [5.41, 5.74) is 10.1. The van der Waals surface area contributed by atoms with Gasteiger partial charge in [0.1, 0.15) is 0 Å². The van der Waals surface area contributed by atoms with Crippen molar-refractivity contribution >= 4 is 69.7 Å². The van der Waals surface area contributed by atoms with Crippen LogP contribution in [0.15, 0.2) is 133 Å². The summed E-state index contributed by atoms with van der Waals surface area (Å²) in [5, 5.41) is 12.4. The number of benzene rings is 6. The molecule has 0 saturated carbocycles. The summed E-state index contributed by atoms with van der Waals surface area (Å²) >= 11 is 0. The van der Waals surface area contributed by atoms with Crippen LogP contribution in [-0.2, 0) is 0 Å². The van der Waals surface area contributed by atoms with E-state index in [1.54, 1.807) is 0 Å². The topological polar surface area (TPSA) is 24.1 Å². The molecule has 2 heterocycles. The van der Waals surface area contributed by atoms with E-state index in [9.17, 15) is 0 Å². The van der Waals surface area contributed by atoms with Gasteiger partial charge in [-0.2, -0.15) is 0 Å². The van der Waals surface area contributed by atoms with Crippen molar-refractivity contribution in [2.24, 2.45) is 0 Å². The van der Waals surface area contributed by atoms with Gasteiger partial charge in [0.25, 0.3) is 0 Å². The normalized spacial score (nSPS) is 13.1. The first-order valence-electron chi connectivity index (χ1n) is 14.7. The van der Waals surface area contributed by atoms with Crippen molar-refractivity contribution in [2.75, 3.05) is 10.5 Å². The molecule has 0 bridgehead atoms. The maximum absolute atomic E-state index is 3.64. The van der Waals surface area contributed by atoms with Crippen LogP contribution in [0.25, 0.3) is 33.7 Å². The first-order valence-corrected chi connectivity index (χ1v) is 14.7. The maximum Gasteiger partial charge on any atom is 0.313 e. The predicted molar refractivity (Wildman–Crippen MR) is 186 cm³/mol. The van der Waals surface area contributed by atoms with Crippen LogP contribution in [0.5, 0.6) is 0 Å². The molecule has 0 atom stereocenters. The molecule has 42 heavy (non-hydrogen) atoms. The number of hydrogen-bond acceptors (Lipinski definition) is 2. The molecule has 2 nitrogen and oxygen atoms in total. The van der Waals surface area contributed by atoms with Gasteiger partial charge >= 0.3 is 13.7 Å². The van der Waals surface area contributed by atoms with Crippen LogP contribution in [0.1, 0.15) is 22.3 Å². The van der Waals surface area contributed by atoms with Crippen LogP contribution in [-0.4, -0.2) is 13.7 Å². The van der Waals surface area contributed by atoms with Gasteiger partial charge in [0.05, 0.1) is 0 Å². The molecule has 0 saturated heterocycles. The zero-order chi connectivity index (χ0) is 28.5. The molecule has 6 aromatic carbocycles. The minimum absolute atomic E-state index is 0.249. The first-order chi connectivity index (χ1) is 20.6. The summed E-state index contributed by atoms with van der Waals surface area (Å²) in [6.45, 7) is 4.74. The molecule has 0 spiro atoms. The molecule has 2 aliphatic heterocycles. The van der Waals surface area contributed by atoms with Crippen LogP contribution in [0.3, 0.4) is 0 Å². The fourth-order valence-electron chi connectivity index (χ4n) is 5.81. The van der Waals surface area contributed by atoms with E-state index in [1.807, 2.05) is 0 Å². The van der Waals surface area contributed by atoms with Gasteiger partial charge in [-0.3, -0.25) is 0 Å². The number of aryl methyl sites for hydroxylation is 2. The lowest BCUT2D eigenvalue weighted by atomic mass is 9.54. The molecule has 0 radical (unpaired) electrons. The van der Waals surface area contributed by atoms with Crippen molar-refractivity contribution in [3.63, 3.8) is 0 Å². The summed E-state index contributed by atoms with van der Waals surface area (Å²) in [7, 11) is 0. The number of rotatable bonds is 2. The van der Waals surface area contributed by atoms with Crippen LogP contribution in [0.2, 0.25) is 0 Å². The summed E-state index contributed by atoms with van der Waals surface area (Å²) < 4.78 is 0. The highest BCUT2D eigenvalue weighted by Gasteiger charge is 2.20. The van der Waals surface area contributed by atoms with E-state index in [0.29, 0.717) is 0 Å². The van der Waals surface area contributed by atoms with Crippen LogP contribution < -0.4 is 21.4 Å². The summed E-state index contributed by atoms with van der Waals surface area (Å²) in [5.74, 6) is 4.48. The second kappa shape index (κ2) is 11.1. The molecule has 2 N–H and O–H groups in total. The van der Waals surface area contributed by atoms with Crippen molar-refractivity contribution in [3.05, 3.63) is 156 Å². The van der Waals surface area contributed by atoms with Crippen molar-refractivity contribution in [3.8, 4) is 0 Å². The van der Waals surface area contributed by atoms with Gasteiger partial charge in [0.15, 0.2) is 0 Å². The lowest BCUT2D eigenvalue weighted by Crippen LogP contribution is -2.38. The molecule has 0 aliphatic carbocycles. The third-order valence-electron chi connectivity index (χ3n) is 8.27. The minimum atomic E-state index is 0.249. The third kappa shape index (κ3) is 5.36. The average molecular weight is 538 g/mol. The quantitative estimate of drug-likeness (QED) is 0.218. The monoisotopic (exact) mass is 538 g/mol. The molecule has 0 aromatic heterocycles. The number of hydrogen-bond donors (Lipinski definition) is 2. The molecule has 0 amide bonds. The van der Waals surface area contributed by atoms with E-state index in [2.05, 4.69) is 170 Å². The highest BCUT2D eigenvalue weighted by molar-refractivity contribution is 6.82. The Kier molecular flexibility index (Phi) is 6.89. The molecule has 200 valence electrons. The summed E-state index contributed by atoms with van der Waals surface area (Å²) in [6.07, 6.45) is 4.45. The number of nitrogens with one attached hydrogen (secondary N) is 2. The Morgan fingerprint density at radius 1 is 0.429 bits per heavy atom. The van der Waals surface area contributed by atoms with Crippen molar-refractivity contribution in [2.45, 2.75) is 13.8 Å². The fraction of sp³-hybridized carbons (Fsp3) is 0.0526. The van der Waals surface area contributed by atoms with E-state index in [1.165, 1.54) is 66.1 Å². The van der Waals surface area contributed by atoms with Gasteiger partial charge in [-0.1, -0.05) is 143 Å². The SMILES string of the molecule is Cc1ccc(B2C=Cc3cc4ccccc4cc3N2)cc1.Cc1ccc(B2C=Cc3cc4ccccc4cc3N2)cc1. The molecular weight excluding hydrogens is 506 g/mol. The van der Waals surface area contributed by atoms with Crippen LogP contribution >= 0.6 is 0 Å². The van der Waals surface area contributed by atoms with Gasteiger partial charge in [0, 0.05) is 11.4 Å². The molecular formula is C38H32B2N2. The van der Waals surface area contributed by atoms with E-state index in [0.717, 1.165) is 0 Å². The van der Waals surface area contributed by atoms with Crippen molar-refractivity contribution in [1.82, 2.24) is 0 Å². The number of anilines is 2. The zero-order valence-electron chi connectivity index (χ0n) is 24.0. The highest BCUT2D eigenvalue weighted by Crippen LogP contribution is 2.29. The Hall–Kier alpha value is -4.95. The Morgan fingerprint density at radius 2 is 0.786 bits per heavy atom. The Balaban J connectivity index is 0.000000137. The molecule has 2 aliphatic rings. The van der Waals surface area contributed by atoms with E-state index < -0.39 is 0 Å². The zero-order valence-corrected chi connectivity index (χ0v) is 24.0. The Morgan fingerprint density at radius 3 is 1.17 bits per heavy atom. The van der Waals surface area contributed by atoms with E-state index in [4.69, 9.17) is 0 Å². The highest BCUT2D eigenvalue weighted by atomic mass is 14.8. The molecule has 4 heteroatoms. The summed E-state index contributed by atoms with van der Waals surface area (Å²) in [6, 6.07) is 43.5. The van der Waals surface area contributed by atoms with Gasteiger partial charge in [0.2, 0.25) is 0 Å². The average Bonchev–Trinajstić information content (AvgIpc) is 3.03. The first kappa shape index (κ1) is 26.0. The third-order valence-corrected chi connectivity index (χ3v) is 8.27. The second-order valence-electron chi connectivity index (χ2n) is 11.4. The molecule has 0 fully saturated rings. The minimum Gasteiger partial charge on any atom is -0.420 e. The molecule has 8 rings (SSSR count). The fourth-order valence-corrected chi connectivity index (χ4v) is 5.81. The lowest BCUT2D eigenvalue weighted by Gasteiger charge is -2.21. The summed E-state index contributed by atoms with van der Waals surface area (Å²) in [4.78, 5) is 0. The second-order valence-corrected chi connectivity index (χ2v) is 11.4. The largest absolute Gasteiger partial charge is 0.420 e. The smallest absolute Gasteiger partial charge is 0.313 e. The van der Waals surface area contributed by atoms with Crippen molar-refractivity contribution < 1.29 is 0 Å². The van der Waals surface area contributed by atoms with Crippen molar-refractivity contribution in [1.29, 1.82) is 0 Å². The van der Waals surface area contributed by atoms with Gasteiger partial charge in [-0.05, 0) is 70.8 Å². The Labute approximate surface area is 249 Å². The maximum atomic E-state index is 3.64. The molecule has 6 aromatic rings. The predicted octanol–water partition coefficient (Wildman–Crippen LogP) is 8.05. The van der Waals surface area contributed by atoms with Gasteiger partial charge < -0.3 is 10.5 Å². The van der Waals surface area contributed by atoms with Crippen LogP contribution in [0, 0.1) is 13.8 Å². The molecule has 0 unspecified atom stereocenters. The van der Waals surface area contributed by atoms with E-state index >= 15 is 0 Å². The Bertz CT molecular complexity index is 1810. The lowest BCUT2D eigenvalue weighted by molar-refractivity contribution is 1.49. The standard InChI is InChI=1S/2C19H16BN/c2*1-14-6-8-18(9-7-14)20-11-10-17-12-15-4-2-3-5-16(15)13-19(17)21-20/h2*2-13,21H,1H3. The number of fused-ring (bicyclic) bond motifs is 4. The van der Waals surface area contributed by atoms with E-state index in [-0.39, 0.29) is 13.7 Å². The van der Waals surface area contributed by atoms with Crippen LogP contribution in [0.4, 0.5) is 11.4 Å². The van der Waals surface area contributed by atoms with Gasteiger partial charge in [-0.25, -0.2) is 0 Å². The van der Waals surface area contributed by atoms with Gasteiger partial charge in [-0.15, -0.1) is 0 Å².